The third-order valence-corrected chi connectivity index (χ3v) is 5.25. The molecule has 33 heavy (non-hydrogen) atoms. The number of aromatic nitrogens is 5. The van der Waals surface area contributed by atoms with Crippen molar-refractivity contribution in [2.45, 2.75) is 13.0 Å². The molecule has 3 amide bonds. The first-order valence-electron chi connectivity index (χ1n) is 9.90. The van der Waals surface area contributed by atoms with Crippen LogP contribution in [0.15, 0.2) is 60.6 Å². The summed E-state index contributed by atoms with van der Waals surface area (Å²) in [6, 6.07) is 8.92. The third kappa shape index (κ3) is 6.17. The summed E-state index contributed by atoms with van der Waals surface area (Å²) >= 11 is 1.28. The van der Waals surface area contributed by atoms with E-state index in [1.165, 1.54) is 47.0 Å². The number of pyridine rings is 1. The van der Waals surface area contributed by atoms with Crippen LogP contribution in [0.4, 0.5) is 14.3 Å². The van der Waals surface area contributed by atoms with Crippen LogP contribution in [0.1, 0.15) is 21.6 Å². The minimum Gasteiger partial charge on any atom is -0.352 e. The van der Waals surface area contributed by atoms with Crippen molar-refractivity contribution in [3.05, 3.63) is 83.3 Å². The molecule has 0 atom stereocenters. The summed E-state index contributed by atoms with van der Waals surface area (Å²) in [7, 11) is 0. The Morgan fingerprint density at radius 3 is 2.82 bits per heavy atom. The van der Waals surface area contributed by atoms with Crippen LogP contribution in [0, 0.1) is 5.82 Å². The Morgan fingerprint density at radius 1 is 1.15 bits per heavy atom. The van der Waals surface area contributed by atoms with Crippen LogP contribution in [0.2, 0.25) is 0 Å². The van der Waals surface area contributed by atoms with E-state index in [-0.39, 0.29) is 18.3 Å². The molecule has 10 nitrogen and oxygen atoms in total. The van der Waals surface area contributed by atoms with E-state index in [2.05, 4.69) is 36.0 Å². The van der Waals surface area contributed by atoms with E-state index >= 15 is 0 Å². The van der Waals surface area contributed by atoms with Crippen molar-refractivity contribution in [3.63, 3.8) is 0 Å². The van der Waals surface area contributed by atoms with Crippen molar-refractivity contribution < 1.29 is 14.0 Å². The number of urea groups is 1. The number of carbonyl (C=O) groups excluding carboxylic acids is 2. The van der Waals surface area contributed by atoms with Gasteiger partial charge in [-0.15, -0.1) is 11.3 Å². The molecular weight excluding hydrogens is 447 g/mol. The van der Waals surface area contributed by atoms with E-state index in [1.54, 1.807) is 24.3 Å². The molecule has 0 aliphatic carbocycles. The van der Waals surface area contributed by atoms with Gasteiger partial charge >= 0.3 is 6.03 Å². The highest BCUT2D eigenvalue weighted by Gasteiger charge is 2.09. The van der Waals surface area contributed by atoms with E-state index in [1.807, 2.05) is 5.38 Å². The Labute approximate surface area is 191 Å². The van der Waals surface area contributed by atoms with Gasteiger partial charge in [0.05, 0.1) is 11.3 Å². The third-order valence-electron chi connectivity index (χ3n) is 4.44. The van der Waals surface area contributed by atoms with Crippen LogP contribution < -0.4 is 16.0 Å². The monoisotopic (exact) mass is 466 g/mol. The summed E-state index contributed by atoms with van der Waals surface area (Å²) in [5.74, 6) is -0.0455. The molecule has 0 spiro atoms. The zero-order chi connectivity index (χ0) is 23.0. The lowest BCUT2D eigenvalue weighted by Gasteiger charge is -2.06. The zero-order valence-electron chi connectivity index (χ0n) is 17.2. The fraction of sp³-hybridized carbons (Fsp3) is 0.143. The molecule has 0 aliphatic heterocycles. The molecular formula is C21H19FN8O2S. The number of anilines is 1. The predicted molar refractivity (Wildman–Crippen MR) is 120 cm³/mol. The molecule has 3 heterocycles. The number of halogens is 1. The molecule has 3 aromatic heterocycles. The quantitative estimate of drug-likeness (QED) is 0.366. The van der Waals surface area contributed by atoms with Crippen LogP contribution in [0.25, 0.3) is 5.82 Å². The van der Waals surface area contributed by atoms with E-state index in [4.69, 9.17) is 0 Å². The van der Waals surface area contributed by atoms with Crippen molar-refractivity contribution >= 4 is 28.4 Å². The van der Waals surface area contributed by atoms with Crippen LogP contribution in [0.5, 0.6) is 0 Å². The number of nitrogens with one attached hydrogen (secondary N) is 3. The van der Waals surface area contributed by atoms with Gasteiger partial charge in [-0.25, -0.2) is 28.8 Å². The van der Waals surface area contributed by atoms with Crippen molar-refractivity contribution in [3.8, 4) is 5.82 Å². The molecule has 1 aromatic carbocycles. The smallest absolute Gasteiger partial charge is 0.321 e. The largest absolute Gasteiger partial charge is 0.352 e. The number of carbonyl (C=O) groups is 2. The normalized spacial score (nSPS) is 10.6. The molecule has 12 heteroatoms. The molecule has 0 bridgehead atoms. The number of thiazole rings is 1. The van der Waals surface area contributed by atoms with Crippen molar-refractivity contribution in [2.75, 3.05) is 11.9 Å². The molecule has 0 aliphatic rings. The molecule has 0 saturated carbocycles. The molecule has 4 aromatic rings. The number of benzene rings is 1. The first-order valence-corrected chi connectivity index (χ1v) is 10.8. The minimum atomic E-state index is -0.435. The van der Waals surface area contributed by atoms with Gasteiger partial charge in [0.2, 0.25) is 0 Å². The molecule has 168 valence electrons. The Balaban J connectivity index is 1.20. The van der Waals surface area contributed by atoms with Gasteiger partial charge in [0.15, 0.2) is 10.9 Å². The maximum Gasteiger partial charge on any atom is 0.321 e. The van der Waals surface area contributed by atoms with Crippen molar-refractivity contribution in [1.82, 2.24) is 35.4 Å². The molecule has 0 radical (unpaired) electrons. The summed E-state index contributed by atoms with van der Waals surface area (Å²) in [4.78, 5) is 36.7. The Bertz CT molecular complexity index is 1230. The van der Waals surface area contributed by atoms with Crippen molar-refractivity contribution in [1.29, 1.82) is 0 Å². The van der Waals surface area contributed by atoms with Gasteiger partial charge in [0.1, 0.15) is 18.5 Å². The topological polar surface area (TPSA) is 127 Å². The fourth-order valence-corrected chi connectivity index (χ4v) is 3.58. The van der Waals surface area contributed by atoms with Gasteiger partial charge in [0, 0.05) is 31.1 Å². The summed E-state index contributed by atoms with van der Waals surface area (Å²) in [5, 5.41) is 14.3. The molecule has 0 unspecified atom stereocenters. The SMILES string of the molecule is O=C(NCc1cccc(F)c1)Nc1nc(CCNC(=O)c2ccc(-n3cncn3)nc2)cs1. The highest BCUT2D eigenvalue weighted by Crippen LogP contribution is 2.15. The highest BCUT2D eigenvalue weighted by atomic mass is 32.1. The molecule has 4 rings (SSSR count). The van der Waals surface area contributed by atoms with Crippen LogP contribution >= 0.6 is 11.3 Å². The highest BCUT2D eigenvalue weighted by molar-refractivity contribution is 7.13. The standard InChI is InChI=1S/C21H19FN8O2S/c22-16-3-1-2-14(8-16)9-26-20(32)29-21-28-17(11-33-21)6-7-24-19(31)15-4-5-18(25-10-15)30-13-23-12-27-30/h1-5,8,10-13H,6-7,9H2,(H,24,31)(H2,26,28,29,32). The van der Waals surface area contributed by atoms with E-state index in [0.29, 0.717) is 35.0 Å². The average Bonchev–Trinajstić information content (AvgIpc) is 3.50. The second-order valence-electron chi connectivity index (χ2n) is 6.83. The van der Waals surface area contributed by atoms with Crippen LogP contribution in [-0.4, -0.2) is 43.2 Å². The lowest BCUT2D eigenvalue weighted by molar-refractivity contribution is 0.0953. The number of rotatable bonds is 8. The van der Waals surface area contributed by atoms with Crippen molar-refractivity contribution in [2.24, 2.45) is 0 Å². The molecule has 0 fully saturated rings. The summed E-state index contributed by atoms with van der Waals surface area (Å²) in [6.07, 6.45) is 4.90. The van der Waals surface area contributed by atoms with Crippen LogP contribution in [0.3, 0.4) is 0 Å². The molecule has 3 N–H and O–H groups in total. The maximum atomic E-state index is 13.2. The Hall–Kier alpha value is -4.19. The number of hydrogen-bond donors (Lipinski definition) is 3. The van der Waals surface area contributed by atoms with Gasteiger partial charge < -0.3 is 10.6 Å². The number of hydrogen-bond acceptors (Lipinski definition) is 7. The van der Waals surface area contributed by atoms with E-state index < -0.39 is 6.03 Å². The predicted octanol–water partition coefficient (Wildman–Crippen LogP) is 2.55. The first kappa shape index (κ1) is 22.0. The van der Waals surface area contributed by atoms with Crippen LogP contribution in [-0.2, 0) is 13.0 Å². The first-order chi connectivity index (χ1) is 16.1. The number of nitrogens with zero attached hydrogens (tertiary/aromatic N) is 5. The second-order valence-corrected chi connectivity index (χ2v) is 7.69. The van der Waals surface area contributed by atoms with E-state index in [9.17, 15) is 14.0 Å². The summed E-state index contributed by atoms with van der Waals surface area (Å²) in [5.41, 5.74) is 1.82. The van der Waals surface area contributed by atoms with E-state index in [0.717, 1.165) is 5.69 Å². The fourth-order valence-electron chi connectivity index (χ4n) is 2.84. The lowest BCUT2D eigenvalue weighted by atomic mass is 10.2. The minimum absolute atomic E-state index is 0.197. The second kappa shape index (κ2) is 10.4. The van der Waals surface area contributed by atoms with Gasteiger partial charge in [0.25, 0.3) is 5.91 Å². The molecule has 0 saturated heterocycles. The maximum absolute atomic E-state index is 13.2. The summed E-state index contributed by atoms with van der Waals surface area (Å²) in [6.45, 7) is 0.571. The van der Waals surface area contributed by atoms with Gasteiger partial charge in [-0.05, 0) is 29.8 Å². The summed E-state index contributed by atoms with van der Waals surface area (Å²) < 4.78 is 14.7. The van der Waals surface area contributed by atoms with Gasteiger partial charge in [-0.3, -0.25) is 10.1 Å². The van der Waals surface area contributed by atoms with Gasteiger partial charge in [-0.2, -0.15) is 5.10 Å². The Morgan fingerprint density at radius 2 is 2.06 bits per heavy atom. The number of amides is 3. The lowest BCUT2D eigenvalue weighted by Crippen LogP contribution is -2.28. The zero-order valence-corrected chi connectivity index (χ0v) is 18.1. The van der Waals surface area contributed by atoms with Gasteiger partial charge in [-0.1, -0.05) is 12.1 Å². The Kier molecular flexibility index (Phi) is 6.95. The average molecular weight is 467 g/mol.